The van der Waals surface area contributed by atoms with Gasteiger partial charge in [0.05, 0.1) is 21.5 Å². The Kier molecular flexibility index (Phi) is 5.23. The number of aryl methyl sites for hydroxylation is 2. The lowest BCUT2D eigenvalue weighted by Gasteiger charge is -2.13. The van der Waals surface area contributed by atoms with Crippen molar-refractivity contribution in [1.82, 2.24) is 14.8 Å². The van der Waals surface area contributed by atoms with E-state index < -0.39 is 15.1 Å². The lowest BCUT2D eigenvalue weighted by Crippen LogP contribution is -2.20. The Balaban J connectivity index is 1.81. The average molecular weight is 402 g/mol. The molecule has 0 bridgehead atoms. The largest absolute Gasteiger partial charge is 0.448 e. The molecule has 0 fully saturated rings. The zero-order valence-corrected chi connectivity index (χ0v) is 18.0. The van der Waals surface area contributed by atoms with E-state index in [-0.39, 0.29) is 11.8 Å². The van der Waals surface area contributed by atoms with Gasteiger partial charge in [0.25, 0.3) is 0 Å². The molecule has 3 rings (SSSR count). The number of hydrogen-bond acceptors (Lipinski definition) is 5. The van der Waals surface area contributed by atoms with E-state index in [2.05, 4.69) is 30.9 Å². The fourth-order valence-electron chi connectivity index (χ4n) is 2.91. The minimum atomic E-state index is -3.45. The highest BCUT2D eigenvalue weighted by atomic mass is 32.2. The third-order valence-electron chi connectivity index (χ3n) is 4.80. The van der Waals surface area contributed by atoms with Gasteiger partial charge in [-0.25, -0.2) is 13.4 Å². The summed E-state index contributed by atoms with van der Waals surface area (Å²) >= 11 is 0. The number of benzene rings is 1. The smallest absolute Gasteiger partial charge is 0.195 e. The van der Waals surface area contributed by atoms with Gasteiger partial charge in [-0.2, -0.15) is 5.10 Å². The van der Waals surface area contributed by atoms with Crippen LogP contribution in [0.5, 0.6) is 0 Å². The molecule has 1 aromatic carbocycles. The van der Waals surface area contributed by atoms with Crippen LogP contribution in [-0.4, -0.2) is 28.4 Å². The van der Waals surface area contributed by atoms with Crippen LogP contribution in [0.15, 0.2) is 45.9 Å². The normalized spacial score (nSPS) is 13.6. The summed E-state index contributed by atoms with van der Waals surface area (Å²) in [6.07, 6.45) is 1.77. The summed E-state index contributed by atoms with van der Waals surface area (Å²) < 4.78 is 33.0. The summed E-state index contributed by atoms with van der Waals surface area (Å²) in [6.45, 7) is 9.92. The van der Waals surface area contributed by atoms with Crippen molar-refractivity contribution in [3.63, 3.8) is 0 Å². The van der Waals surface area contributed by atoms with Crippen LogP contribution in [-0.2, 0) is 28.7 Å². The minimum Gasteiger partial charge on any atom is -0.448 e. The summed E-state index contributed by atoms with van der Waals surface area (Å²) in [7, 11) is -1.59. The molecule has 6 nitrogen and oxygen atoms in total. The first-order valence-electron chi connectivity index (χ1n) is 9.28. The van der Waals surface area contributed by atoms with Gasteiger partial charge in [0.15, 0.2) is 15.7 Å². The Morgan fingerprint density at radius 3 is 2.39 bits per heavy atom. The first-order valence-corrected chi connectivity index (χ1v) is 10.8. The lowest BCUT2D eigenvalue weighted by molar-refractivity contribution is 0.487. The van der Waals surface area contributed by atoms with Gasteiger partial charge in [-0.05, 0) is 32.0 Å². The monoisotopic (exact) mass is 401 g/mol. The molecule has 0 saturated carbocycles. The second-order valence-corrected chi connectivity index (χ2v) is 10.7. The molecule has 0 aliphatic rings. The van der Waals surface area contributed by atoms with E-state index in [9.17, 15) is 8.42 Å². The van der Waals surface area contributed by atoms with E-state index in [0.29, 0.717) is 16.5 Å². The maximum atomic E-state index is 12.8. The average Bonchev–Trinajstić information content (AvgIpc) is 3.21. The van der Waals surface area contributed by atoms with Gasteiger partial charge in [-0.1, -0.05) is 38.5 Å². The highest BCUT2D eigenvalue weighted by Gasteiger charge is 2.26. The molecule has 7 heteroatoms. The number of oxazole rings is 1. The van der Waals surface area contributed by atoms with Crippen molar-refractivity contribution in [3.8, 4) is 11.4 Å². The van der Waals surface area contributed by atoms with Gasteiger partial charge in [0.2, 0.25) is 0 Å². The van der Waals surface area contributed by atoms with Crippen LogP contribution in [0.25, 0.3) is 11.4 Å². The Hall–Kier alpha value is -2.41. The maximum absolute atomic E-state index is 12.8. The van der Waals surface area contributed by atoms with Crippen LogP contribution in [0.3, 0.4) is 0 Å². The van der Waals surface area contributed by atoms with Crippen LogP contribution in [0.2, 0.25) is 0 Å². The molecule has 0 aliphatic heterocycles. The predicted molar refractivity (Wildman–Crippen MR) is 109 cm³/mol. The molecular weight excluding hydrogens is 374 g/mol. The number of sulfone groups is 1. The first-order chi connectivity index (χ1) is 13.0. The second-order valence-electron chi connectivity index (χ2n) is 8.29. The quantitative estimate of drug-likeness (QED) is 0.643. The van der Waals surface area contributed by atoms with Crippen LogP contribution < -0.4 is 0 Å². The number of hydrogen-bond donors (Lipinski definition) is 0. The fraction of sp³-hybridized carbons (Fsp3) is 0.429. The van der Waals surface area contributed by atoms with E-state index in [1.165, 1.54) is 0 Å². The van der Waals surface area contributed by atoms with Gasteiger partial charge < -0.3 is 4.42 Å². The molecule has 2 aromatic heterocycles. The first kappa shape index (κ1) is 20.3. The number of nitrogens with zero attached hydrogens (tertiary/aromatic N) is 3. The summed E-state index contributed by atoms with van der Waals surface area (Å²) in [5.41, 5.74) is 3.41. The summed E-state index contributed by atoms with van der Waals surface area (Å²) in [5.74, 6) is 0.400. The van der Waals surface area contributed by atoms with E-state index in [0.717, 1.165) is 17.0 Å². The van der Waals surface area contributed by atoms with Crippen LogP contribution >= 0.6 is 0 Å². The third-order valence-corrected chi connectivity index (χ3v) is 6.96. The Labute approximate surface area is 166 Å². The fourth-order valence-corrected chi connectivity index (χ4v) is 4.25. The molecule has 3 aromatic rings. The molecule has 0 amide bonds. The maximum Gasteiger partial charge on any atom is 0.195 e. The molecule has 0 aliphatic carbocycles. The topological polar surface area (TPSA) is 78.0 Å². The van der Waals surface area contributed by atoms with Crippen molar-refractivity contribution >= 4 is 9.84 Å². The molecule has 1 unspecified atom stereocenters. The molecular formula is C21H27N3O3S. The molecule has 0 radical (unpaired) electrons. The molecule has 0 spiro atoms. The summed E-state index contributed by atoms with van der Waals surface area (Å²) in [6, 6.07) is 8.89. The van der Waals surface area contributed by atoms with Crippen LogP contribution in [0.1, 0.15) is 44.8 Å². The van der Waals surface area contributed by atoms with Crippen molar-refractivity contribution in [2.45, 2.75) is 56.6 Å². The van der Waals surface area contributed by atoms with E-state index in [1.54, 1.807) is 42.1 Å². The van der Waals surface area contributed by atoms with Crippen molar-refractivity contribution < 1.29 is 12.8 Å². The van der Waals surface area contributed by atoms with Gasteiger partial charge in [-0.15, -0.1) is 0 Å². The van der Waals surface area contributed by atoms with Crippen molar-refractivity contribution in [3.05, 3.63) is 53.7 Å². The van der Waals surface area contributed by atoms with E-state index in [1.807, 2.05) is 20.0 Å². The number of aromatic nitrogens is 3. The van der Waals surface area contributed by atoms with Gasteiger partial charge in [-0.3, -0.25) is 4.68 Å². The predicted octanol–water partition coefficient (Wildman–Crippen LogP) is 4.09. The summed E-state index contributed by atoms with van der Waals surface area (Å²) in [5, 5.41) is 3.91. The molecule has 2 heterocycles. The Morgan fingerprint density at radius 1 is 1.18 bits per heavy atom. The van der Waals surface area contributed by atoms with Crippen LogP contribution in [0, 0.1) is 6.92 Å². The van der Waals surface area contributed by atoms with Crippen LogP contribution in [0.4, 0.5) is 0 Å². The van der Waals surface area contributed by atoms with Gasteiger partial charge >= 0.3 is 0 Å². The number of rotatable bonds is 5. The standard InChI is InChI=1S/C21H27N3O3S/c1-14-7-9-16(10-8-14)28(25,26)15(2)11-20-22-17(13-27-20)18-12-19(21(3,4)5)23-24(18)6/h7-10,12-13,15H,11H2,1-6H3. The van der Waals surface area contributed by atoms with Gasteiger partial charge in [0.1, 0.15) is 12.0 Å². The molecule has 0 N–H and O–H groups in total. The molecule has 150 valence electrons. The third kappa shape index (κ3) is 4.04. The zero-order chi connectivity index (χ0) is 20.7. The zero-order valence-electron chi connectivity index (χ0n) is 17.2. The molecule has 28 heavy (non-hydrogen) atoms. The Morgan fingerprint density at radius 2 is 1.82 bits per heavy atom. The summed E-state index contributed by atoms with van der Waals surface area (Å²) in [4.78, 5) is 4.82. The highest BCUT2D eigenvalue weighted by Crippen LogP contribution is 2.27. The second kappa shape index (κ2) is 7.20. The highest BCUT2D eigenvalue weighted by molar-refractivity contribution is 7.92. The van der Waals surface area contributed by atoms with Gasteiger partial charge in [0, 0.05) is 18.9 Å². The molecule has 1 atom stereocenters. The van der Waals surface area contributed by atoms with Crippen molar-refractivity contribution in [1.29, 1.82) is 0 Å². The van der Waals surface area contributed by atoms with Crippen molar-refractivity contribution in [2.24, 2.45) is 7.05 Å². The minimum absolute atomic E-state index is 0.0702. The van der Waals surface area contributed by atoms with E-state index >= 15 is 0 Å². The van der Waals surface area contributed by atoms with Crippen molar-refractivity contribution in [2.75, 3.05) is 0 Å². The molecule has 0 saturated heterocycles. The van der Waals surface area contributed by atoms with E-state index in [4.69, 9.17) is 4.42 Å². The Bertz CT molecular complexity index is 1070. The SMILES string of the molecule is Cc1ccc(S(=O)(=O)C(C)Cc2nc(-c3cc(C(C)(C)C)nn3C)co2)cc1. The lowest BCUT2D eigenvalue weighted by atomic mass is 9.92.